The summed E-state index contributed by atoms with van der Waals surface area (Å²) >= 11 is 0. The van der Waals surface area contributed by atoms with E-state index in [4.69, 9.17) is 4.98 Å². The van der Waals surface area contributed by atoms with Crippen molar-refractivity contribution in [1.82, 2.24) is 4.98 Å². The summed E-state index contributed by atoms with van der Waals surface area (Å²) in [5.74, 6) is 0. The van der Waals surface area contributed by atoms with Crippen LogP contribution in [0.15, 0.2) is 182 Å². The van der Waals surface area contributed by atoms with E-state index < -0.39 is 7.14 Å². The highest BCUT2D eigenvalue weighted by atomic mass is 31.2. The van der Waals surface area contributed by atoms with Crippen molar-refractivity contribution in [3.63, 3.8) is 0 Å². The van der Waals surface area contributed by atoms with Crippen molar-refractivity contribution in [1.29, 1.82) is 0 Å². The maximum atomic E-state index is 15.8. The molecule has 0 amide bonds. The van der Waals surface area contributed by atoms with Crippen molar-refractivity contribution in [3.05, 3.63) is 182 Å². The minimum Gasteiger partial charge on any atom is -0.309 e. The molecule has 0 saturated carbocycles. The van der Waals surface area contributed by atoms with Crippen LogP contribution in [0.3, 0.4) is 0 Å². The maximum absolute atomic E-state index is 15.8. The molecule has 0 unspecified atom stereocenters. The smallest absolute Gasteiger partial charge is 0.171 e. The zero-order valence-corrected chi connectivity index (χ0v) is 27.0. The number of rotatable bonds is 6. The number of hydrogen-bond donors (Lipinski definition) is 0. The molecule has 0 atom stereocenters. The summed E-state index contributed by atoms with van der Waals surface area (Å²) < 4.78 is 15.8. The third kappa shape index (κ3) is 4.65. The summed E-state index contributed by atoms with van der Waals surface area (Å²) in [5.41, 5.74) is 6.10. The van der Waals surface area contributed by atoms with Crippen LogP contribution in [-0.2, 0) is 4.57 Å². The third-order valence-electron chi connectivity index (χ3n) is 9.52. The Kier molecular flexibility index (Phi) is 6.78. The Labute approximate surface area is 279 Å². The van der Waals surface area contributed by atoms with Crippen LogP contribution in [0.5, 0.6) is 0 Å². The van der Waals surface area contributed by atoms with Gasteiger partial charge in [-0.3, -0.25) is 4.98 Å². The van der Waals surface area contributed by atoms with E-state index in [1.807, 2.05) is 79.0 Å². The lowest BCUT2D eigenvalue weighted by Crippen LogP contribution is -2.25. The van der Waals surface area contributed by atoms with Gasteiger partial charge in [0.15, 0.2) is 7.14 Å². The first kappa shape index (κ1) is 28.4. The first-order valence-electron chi connectivity index (χ1n) is 16.2. The van der Waals surface area contributed by atoms with Gasteiger partial charge >= 0.3 is 0 Å². The Bertz CT molecular complexity index is 2570. The number of nitrogens with zero attached hydrogens (tertiary/aromatic N) is 1. The highest BCUT2D eigenvalue weighted by molar-refractivity contribution is 7.85. The largest absolute Gasteiger partial charge is 0.309 e. The molecule has 0 fully saturated rings. The Morgan fingerprint density at radius 2 is 0.979 bits per heavy atom. The fourth-order valence-electron chi connectivity index (χ4n) is 7.21. The standard InChI is InChI=1S/C45H30NOP/c47-48(38-15-6-2-7-16-38,39-17-8-3-9-18-39)40-28-36(27-37(29-40)43-30-35(25-26-46-43)31-11-4-1-5-12-31)41-23-21-34-20-19-32-13-10-14-33-22-24-42(41)45(34)44(32)33/h1-30H. The zero-order valence-electron chi connectivity index (χ0n) is 26.1. The van der Waals surface area contributed by atoms with Crippen molar-refractivity contribution < 1.29 is 4.57 Å². The molecule has 0 saturated heterocycles. The highest BCUT2D eigenvalue weighted by Crippen LogP contribution is 2.46. The summed E-state index contributed by atoms with van der Waals surface area (Å²) in [6, 6.07) is 60.7. The van der Waals surface area contributed by atoms with Crippen molar-refractivity contribution in [2.45, 2.75) is 0 Å². The van der Waals surface area contributed by atoms with Gasteiger partial charge in [0.1, 0.15) is 0 Å². The molecule has 48 heavy (non-hydrogen) atoms. The molecule has 0 spiro atoms. The van der Waals surface area contributed by atoms with Crippen LogP contribution in [0.4, 0.5) is 0 Å². The monoisotopic (exact) mass is 631 g/mol. The molecular formula is C45H30NOP. The van der Waals surface area contributed by atoms with Gasteiger partial charge in [-0.25, -0.2) is 0 Å². The van der Waals surface area contributed by atoms with Gasteiger partial charge in [-0.2, -0.15) is 0 Å². The molecule has 226 valence electrons. The van der Waals surface area contributed by atoms with Crippen LogP contribution in [0, 0.1) is 0 Å². The van der Waals surface area contributed by atoms with Crippen LogP contribution < -0.4 is 15.9 Å². The molecule has 9 rings (SSSR count). The van der Waals surface area contributed by atoms with Crippen molar-refractivity contribution in [2.24, 2.45) is 0 Å². The predicted octanol–water partition coefficient (Wildman–Crippen LogP) is 10.6. The van der Waals surface area contributed by atoms with Gasteiger partial charge in [-0.1, -0.05) is 146 Å². The van der Waals surface area contributed by atoms with E-state index in [9.17, 15) is 0 Å². The fraction of sp³-hybridized carbons (Fsp3) is 0. The quantitative estimate of drug-likeness (QED) is 0.135. The average Bonchev–Trinajstić information content (AvgIpc) is 3.17. The lowest BCUT2D eigenvalue weighted by Gasteiger charge is -2.22. The molecule has 3 heteroatoms. The van der Waals surface area contributed by atoms with Crippen molar-refractivity contribution in [2.75, 3.05) is 0 Å². The van der Waals surface area contributed by atoms with Crippen LogP contribution in [0.25, 0.3) is 65.8 Å². The normalized spacial score (nSPS) is 11.8. The second kappa shape index (κ2) is 11.5. The van der Waals surface area contributed by atoms with E-state index in [1.54, 1.807) is 0 Å². The second-order valence-corrected chi connectivity index (χ2v) is 15.1. The van der Waals surface area contributed by atoms with Gasteiger partial charge in [0.25, 0.3) is 0 Å². The number of aromatic nitrogens is 1. The van der Waals surface area contributed by atoms with Gasteiger partial charge in [-0.05, 0) is 84.9 Å². The molecule has 0 aliphatic carbocycles. The lowest BCUT2D eigenvalue weighted by atomic mass is 9.89. The minimum atomic E-state index is -3.29. The van der Waals surface area contributed by atoms with E-state index in [2.05, 4.69) is 103 Å². The first-order valence-corrected chi connectivity index (χ1v) is 17.9. The van der Waals surface area contributed by atoms with Gasteiger partial charge in [-0.15, -0.1) is 0 Å². The van der Waals surface area contributed by atoms with Gasteiger partial charge in [0.2, 0.25) is 0 Å². The topological polar surface area (TPSA) is 30.0 Å². The Hall–Kier alpha value is -5.82. The predicted molar refractivity (Wildman–Crippen MR) is 204 cm³/mol. The molecule has 2 nitrogen and oxygen atoms in total. The Morgan fingerprint density at radius 1 is 0.396 bits per heavy atom. The molecule has 0 aliphatic heterocycles. The number of hydrogen-bond acceptors (Lipinski definition) is 2. The summed E-state index contributed by atoms with van der Waals surface area (Å²) in [4.78, 5) is 4.88. The summed E-state index contributed by atoms with van der Waals surface area (Å²) in [5, 5.41) is 9.79. The Morgan fingerprint density at radius 3 is 1.67 bits per heavy atom. The molecule has 0 N–H and O–H groups in total. The first-order chi connectivity index (χ1) is 23.7. The number of benzene rings is 8. The third-order valence-corrected chi connectivity index (χ3v) is 12.6. The van der Waals surface area contributed by atoms with Crippen LogP contribution >= 0.6 is 7.14 Å². The summed E-state index contributed by atoms with van der Waals surface area (Å²) in [7, 11) is -3.29. The zero-order chi connectivity index (χ0) is 32.1. The summed E-state index contributed by atoms with van der Waals surface area (Å²) in [6.45, 7) is 0. The summed E-state index contributed by atoms with van der Waals surface area (Å²) in [6.07, 6.45) is 1.87. The molecule has 0 bridgehead atoms. The SMILES string of the molecule is O=P(c1ccccc1)(c1ccccc1)c1cc(-c2cc(-c3ccccc3)ccn2)cc(-c2ccc3ccc4cccc5ccc2c3c45)c1. The van der Waals surface area contributed by atoms with Crippen LogP contribution in [-0.4, -0.2) is 4.98 Å². The van der Waals surface area contributed by atoms with E-state index in [0.29, 0.717) is 0 Å². The van der Waals surface area contributed by atoms with Gasteiger partial charge in [0.05, 0.1) is 5.69 Å². The van der Waals surface area contributed by atoms with Crippen LogP contribution in [0.2, 0.25) is 0 Å². The molecular weight excluding hydrogens is 601 g/mol. The second-order valence-electron chi connectivity index (χ2n) is 12.3. The maximum Gasteiger partial charge on any atom is 0.171 e. The number of pyridine rings is 1. The molecule has 1 heterocycles. The van der Waals surface area contributed by atoms with Crippen molar-refractivity contribution in [3.8, 4) is 33.5 Å². The van der Waals surface area contributed by atoms with E-state index >= 15 is 4.57 Å². The molecule has 1 aromatic heterocycles. The molecule has 9 aromatic rings. The lowest BCUT2D eigenvalue weighted by molar-refractivity contribution is 0.592. The molecule has 0 radical (unpaired) electrons. The van der Waals surface area contributed by atoms with E-state index in [0.717, 1.165) is 49.4 Å². The average molecular weight is 632 g/mol. The highest BCUT2D eigenvalue weighted by Gasteiger charge is 2.31. The fourth-order valence-corrected chi connectivity index (χ4v) is 9.93. The minimum absolute atomic E-state index is 0.782. The van der Waals surface area contributed by atoms with Crippen LogP contribution in [0.1, 0.15) is 0 Å². The van der Waals surface area contributed by atoms with E-state index in [-0.39, 0.29) is 0 Å². The Balaban J connectivity index is 1.34. The van der Waals surface area contributed by atoms with E-state index in [1.165, 1.54) is 32.3 Å². The van der Waals surface area contributed by atoms with Gasteiger partial charge < -0.3 is 4.57 Å². The van der Waals surface area contributed by atoms with Gasteiger partial charge in [0, 0.05) is 27.7 Å². The molecule has 8 aromatic carbocycles. The van der Waals surface area contributed by atoms with Crippen molar-refractivity contribution >= 4 is 55.4 Å². The molecule has 0 aliphatic rings.